The molecule has 1 aromatic heterocycles. The molecule has 0 saturated heterocycles. The van der Waals surface area contributed by atoms with Gasteiger partial charge in [0.1, 0.15) is 17.6 Å². The van der Waals surface area contributed by atoms with Crippen LogP contribution in [0.25, 0.3) is 0 Å². The molecular formula is C14H15NO3. The van der Waals surface area contributed by atoms with Crippen molar-refractivity contribution < 1.29 is 15.3 Å². The summed E-state index contributed by atoms with van der Waals surface area (Å²) in [5, 5.41) is 30.1. The SMILES string of the molecule is Cc1cc(O)c(C(O)c2ccncc2)c(C)c1O. The van der Waals surface area contributed by atoms with Crippen LogP contribution in [0.1, 0.15) is 28.4 Å². The number of hydrogen-bond donors (Lipinski definition) is 3. The zero-order valence-corrected chi connectivity index (χ0v) is 10.3. The summed E-state index contributed by atoms with van der Waals surface area (Å²) in [6, 6.07) is 4.78. The molecule has 0 aliphatic carbocycles. The Morgan fingerprint density at radius 2 is 1.72 bits per heavy atom. The van der Waals surface area contributed by atoms with Gasteiger partial charge in [-0.25, -0.2) is 0 Å². The van der Waals surface area contributed by atoms with Crippen LogP contribution in [-0.2, 0) is 0 Å². The van der Waals surface area contributed by atoms with Crippen LogP contribution in [0.15, 0.2) is 30.6 Å². The highest BCUT2D eigenvalue weighted by Crippen LogP contribution is 2.38. The van der Waals surface area contributed by atoms with Gasteiger partial charge in [-0.2, -0.15) is 0 Å². The number of phenols is 2. The van der Waals surface area contributed by atoms with Gasteiger partial charge >= 0.3 is 0 Å². The molecule has 0 bridgehead atoms. The number of aromatic hydroxyl groups is 2. The first-order valence-electron chi connectivity index (χ1n) is 5.62. The van der Waals surface area contributed by atoms with Crippen LogP contribution in [0.3, 0.4) is 0 Å². The molecule has 0 saturated carbocycles. The summed E-state index contributed by atoms with van der Waals surface area (Å²) in [6.45, 7) is 3.37. The molecule has 4 nitrogen and oxygen atoms in total. The van der Waals surface area contributed by atoms with Crippen LogP contribution in [0.2, 0.25) is 0 Å². The molecule has 1 atom stereocenters. The number of aliphatic hydroxyl groups excluding tert-OH is 1. The Kier molecular flexibility index (Phi) is 3.21. The van der Waals surface area contributed by atoms with Crippen LogP contribution in [-0.4, -0.2) is 20.3 Å². The molecule has 94 valence electrons. The van der Waals surface area contributed by atoms with Crippen molar-refractivity contribution >= 4 is 0 Å². The molecule has 0 aliphatic heterocycles. The van der Waals surface area contributed by atoms with Crippen molar-refractivity contribution in [3.63, 3.8) is 0 Å². The molecule has 0 aliphatic rings. The monoisotopic (exact) mass is 245 g/mol. The number of rotatable bonds is 2. The van der Waals surface area contributed by atoms with Crippen molar-refractivity contribution in [3.05, 3.63) is 52.8 Å². The lowest BCUT2D eigenvalue weighted by Crippen LogP contribution is -2.03. The van der Waals surface area contributed by atoms with Crippen molar-refractivity contribution in [1.82, 2.24) is 4.98 Å². The number of benzene rings is 1. The minimum absolute atomic E-state index is 0.0212. The molecule has 2 aromatic rings. The van der Waals surface area contributed by atoms with Crippen molar-refractivity contribution in [2.24, 2.45) is 0 Å². The van der Waals surface area contributed by atoms with E-state index in [9.17, 15) is 15.3 Å². The molecule has 1 aromatic carbocycles. The van der Waals surface area contributed by atoms with E-state index in [1.165, 1.54) is 6.07 Å². The second kappa shape index (κ2) is 4.66. The maximum absolute atomic E-state index is 10.3. The number of aliphatic hydroxyl groups is 1. The van der Waals surface area contributed by atoms with Gasteiger partial charge in [-0.05, 0) is 43.2 Å². The average Bonchev–Trinajstić information content (AvgIpc) is 2.37. The summed E-state index contributed by atoms with van der Waals surface area (Å²) in [6.07, 6.45) is 2.15. The molecule has 18 heavy (non-hydrogen) atoms. The van der Waals surface area contributed by atoms with Crippen molar-refractivity contribution in [2.45, 2.75) is 20.0 Å². The normalized spacial score (nSPS) is 12.4. The van der Waals surface area contributed by atoms with E-state index in [0.29, 0.717) is 22.3 Å². The Morgan fingerprint density at radius 3 is 2.33 bits per heavy atom. The second-order valence-corrected chi connectivity index (χ2v) is 4.28. The van der Waals surface area contributed by atoms with Crippen molar-refractivity contribution in [1.29, 1.82) is 0 Å². The zero-order valence-electron chi connectivity index (χ0n) is 10.3. The molecular weight excluding hydrogens is 230 g/mol. The maximum Gasteiger partial charge on any atom is 0.122 e. The Balaban J connectivity index is 2.55. The number of pyridine rings is 1. The van der Waals surface area contributed by atoms with Crippen molar-refractivity contribution in [2.75, 3.05) is 0 Å². The molecule has 0 amide bonds. The first kappa shape index (κ1) is 12.4. The fraction of sp³-hybridized carbons (Fsp3) is 0.214. The summed E-state index contributed by atoms with van der Waals surface area (Å²) in [7, 11) is 0. The Labute approximate surface area is 105 Å². The summed E-state index contributed by atoms with van der Waals surface area (Å²) < 4.78 is 0. The lowest BCUT2D eigenvalue weighted by atomic mass is 9.94. The van der Waals surface area contributed by atoms with E-state index in [0.717, 1.165) is 0 Å². The standard InChI is InChI=1S/C14H15NO3/c1-8-7-11(16)12(9(2)13(8)17)14(18)10-3-5-15-6-4-10/h3-7,14,16-18H,1-2H3. The smallest absolute Gasteiger partial charge is 0.122 e. The highest BCUT2D eigenvalue weighted by molar-refractivity contribution is 5.54. The predicted octanol–water partition coefficient (Wildman–Crippen LogP) is 2.19. The van der Waals surface area contributed by atoms with Gasteiger partial charge in [-0.3, -0.25) is 4.98 Å². The Morgan fingerprint density at radius 1 is 1.11 bits per heavy atom. The van der Waals surface area contributed by atoms with E-state index in [-0.39, 0.29) is 11.5 Å². The molecule has 0 radical (unpaired) electrons. The number of phenolic OH excluding ortho intramolecular Hbond substituents is 2. The number of aryl methyl sites for hydroxylation is 1. The Hall–Kier alpha value is -2.07. The summed E-state index contributed by atoms with van der Waals surface area (Å²) >= 11 is 0. The molecule has 3 N–H and O–H groups in total. The summed E-state index contributed by atoms with van der Waals surface area (Å²) in [4.78, 5) is 3.87. The number of hydrogen-bond acceptors (Lipinski definition) is 4. The molecule has 0 spiro atoms. The fourth-order valence-corrected chi connectivity index (χ4v) is 2.02. The van der Waals surface area contributed by atoms with E-state index in [1.807, 2.05) is 0 Å². The third-order valence-corrected chi connectivity index (χ3v) is 3.06. The van der Waals surface area contributed by atoms with E-state index in [1.54, 1.807) is 38.4 Å². The van der Waals surface area contributed by atoms with Crippen LogP contribution < -0.4 is 0 Å². The van der Waals surface area contributed by atoms with Crippen LogP contribution in [0.4, 0.5) is 0 Å². The topological polar surface area (TPSA) is 73.6 Å². The van der Waals surface area contributed by atoms with Gasteiger partial charge in [0.2, 0.25) is 0 Å². The summed E-state index contributed by atoms with van der Waals surface area (Å²) in [5.74, 6) is 0.0722. The molecule has 1 unspecified atom stereocenters. The molecule has 0 fully saturated rings. The lowest BCUT2D eigenvalue weighted by Gasteiger charge is -2.17. The van der Waals surface area contributed by atoms with E-state index in [4.69, 9.17) is 0 Å². The van der Waals surface area contributed by atoms with Gasteiger partial charge in [0.25, 0.3) is 0 Å². The van der Waals surface area contributed by atoms with Crippen LogP contribution in [0.5, 0.6) is 11.5 Å². The van der Waals surface area contributed by atoms with Gasteiger partial charge in [0.15, 0.2) is 0 Å². The van der Waals surface area contributed by atoms with Crippen LogP contribution >= 0.6 is 0 Å². The number of aromatic nitrogens is 1. The molecule has 1 heterocycles. The molecule has 4 heteroatoms. The average molecular weight is 245 g/mol. The van der Waals surface area contributed by atoms with Crippen LogP contribution in [0, 0.1) is 13.8 Å². The lowest BCUT2D eigenvalue weighted by molar-refractivity contribution is 0.214. The summed E-state index contributed by atoms with van der Waals surface area (Å²) in [5.41, 5.74) is 2.00. The van der Waals surface area contributed by atoms with E-state index >= 15 is 0 Å². The Bertz CT molecular complexity index is 567. The highest BCUT2D eigenvalue weighted by atomic mass is 16.3. The van der Waals surface area contributed by atoms with Gasteiger partial charge in [0, 0.05) is 23.5 Å². The zero-order chi connectivity index (χ0) is 13.3. The van der Waals surface area contributed by atoms with Gasteiger partial charge in [-0.15, -0.1) is 0 Å². The van der Waals surface area contributed by atoms with E-state index in [2.05, 4.69) is 4.98 Å². The number of nitrogens with zero attached hydrogens (tertiary/aromatic N) is 1. The van der Waals surface area contributed by atoms with Gasteiger partial charge < -0.3 is 15.3 Å². The third kappa shape index (κ3) is 2.02. The van der Waals surface area contributed by atoms with Gasteiger partial charge in [-0.1, -0.05) is 0 Å². The minimum Gasteiger partial charge on any atom is -0.508 e. The van der Waals surface area contributed by atoms with Crippen molar-refractivity contribution in [3.8, 4) is 11.5 Å². The maximum atomic E-state index is 10.3. The first-order chi connectivity index (χ1) is 8.52. The fourth-order valence-electron chi connectivity index (χ4n) is 2.02. The van der Waals surface area contributed by atoms with E-state index < -0.39 is 6.10 Å². The quantitative estimate of drug-likeness (QED) is 0.709. The largest absolute Gasteiger partial charge is 0.508 e. The minimum atomic E-state index is -0.987. The first-order valence-corrected chi connectivity index (χ1v) is 5.62. The van der Waals surface area contributed by atoms with Gasteiger partial charge in [0.05, 0.1) is 0 Å². The second-order valence-electron chi connectivity index (χ2n) is 4.28. The molecule has 2 rings (SSSR count). The highest BCUT2D eigenvalue weighted by Gasteiger charge is 2.20. The third-order valence-electron chi connectivity index (χ3n) is 3.06. The predicted molar refractivity (Wildman–Crippen MR) is 67.5 cm³/mol.